The number of nitrogens with zero attached hydrogens (tertiary/aromatic N) is 2. The molecule has 1 unspecified atom stereocenters. The first kappa shape index (κ1) is 11.9. The van der Waals surface area contributed by atoms with Gasteiger partial charge in [-0.3, -0.25) is 4.68 Å². The van der Waals surface area contributed by atoms with Crippen molar-refractivity contribution in [1.82, 2.24) is 9.78 Å². The summed E-state index contributed by atoms with van der Waals surface area (Å²) in [6, 6.07) is 0. The Morgan fingerprint density at radius 3 is 2.94 bits per heavy atom. The van der Waals surface area contributed by atoms with Crippen molar-refractivity contribution in [2.75, 3.05) is 0 Å². The summed E-state index contributed by atoms with van der Waals surface area (Å²) in [6.07, 6.45) is 6.81. The van der Waals surface area contributed by atoms with Gasteiger partial charge in [-0.1, -0.05) is 37.8 Å². The van der Waals surface area contributed by atoms with Gasteiger partial charge in [-0.15, -0.1) is 0 Å². The van der Waals surface area contributed by atoms with Gasteiger partial charge in [0, 0.05) is 6.54 Å². The molecule has 1 saturated carbocycles. The molecule has 1 aliphatic rings. The highest BCUT2D eigenvalue weighted by molar-refractivity contribution is 6.31. The maximum absolute atomic E-state index is 10.2. The molecule has 0 aliphatic heterocycles. The Kier molecular flexibility index (Phi) is 3.87. The van der Waals surface area contributed by atoms with Crippen LogP contribution in [-0.2, 0) is 6.54 Å². The maximum Gasteiger partial charge on any atom is 0.0974 e. The zero-order valence-electron chi connectivity index (χ0n) is 9.69. The number of aliphatic hydroxyl groups is 1. The molecule has 16 heavy (non-hydrogen) atoms. The fourth-order valence-corrected chi connectivity index (χ4v) is 2.52. The maximum atomic E-state index is 10.2. The third-order valence-electron chi connectivity index (χ3n) is 3.37. The van der Waals surface area contributed by atoms with Crippen LogP contribution in [0.5, 0.6) is 0 Å². The summed E-state index contributed by atoms with van der Waals surface area (Å²) in [5.74, 6) is 0.677. The molecular weight excluding hydrogens is 224 g/mol. The Labute approximate surface area is 101 Å². The predicted molar refractivity (Wildman–Crippen MR) is 64.4 cm³/mol. The van der Waals surface area contributed by atoms with E-state index in [1.165, 1.54) is 19.3 Å². The van der Waals surface area contributed by atoms with Crippen LogP contribution < -0.4 is 0 Å². The van der Waals surface area contributed by atoms with Gasteiger partial charge >= 0.3 is 0 Å². The molecule has 1 fully saturated rings. The fraction of sp³-hybridized carbons (Fsp3) is 0.750. The minimum Gasteiger partial charge on any atom is -0.387 e. The molecule has 4 heteroatoms. The lowest BCUT2D eigenvalue weighted by Crippen LogP contribution is -2.17. The van der Waals surface area contributed by atoms with Crippen LogP contribution in [0, 0.1) is 5.92 Å². The summed E-state index contributed by atoms with van der Waals surface area (Å²) in [5, 5.41) is 15.0. The van der Waals surface area contributed by atoms with E-state index in [9.17, 15) is 5.11 Å². The largest absolute Gasteiger partial charge is 0.387 e. The number of rotatable bonds is 5. The Balaban J connectivity index is 2.07. The van der Waals surface area contributed by atoms with Crippen molar-refractivity contribution in [2.45, 2.75) is 51.7 Å². The lowest BCUT2D eigenvalue weighted by molar-refractivity contribution is 0.110. The Bertz CT molecular complexity index is 347. The third-order valence-corrected chi connectivity index (χ3v) is 3.66. The summed E-state index contributed by atoms with van der Waals surface area (Å²) < 4.78 is 1.84. The first-order valence-electron chi connectivity index (χ1n) is 6.11. The first-order chi connectivity index (χ1) is 7.72. The molecule has 0 spiro atoms. The number of hydrogen-bond acceptors (Lipinski definition) is 2. The van der Waals surface area contributed by atoms with Gasteiger partial charge in [0.2, 0.25) is 0 Å². The molecule has 1 aromatic rings. The zero-order valence-corrected chi connectivity index (χ0v) is 10.5. The first-order valence-corrected chi connectivity index (χ1v) is 6.49. The van der Waals surface area contributed by atoms with Crippen molar-refractivity contribution < 1.29 is 5.11 Å². The van der Waals surface area contributed by atoms with E-state index in [-0.39, 0.29) is 0 Å². The van der Waals surface area contributed by atoms with E-state index in [0.29, 0.717) is 10.9 Å². The minimum atomic E-state index is -0.452. The van der Waals surface area contributed by atoms with E-state index in [2.05, 4.69) is 12.0 Å². The van der Waals surface area contributed by atoms with Gasteiger partial charge in [-0.25, -0.2) is 0 Å². The molecule has 0 saturated heterocycles. The number of hydrogen-bond donors (Lipinski definition) is 1. The second kappa shape index (κ2) is 5.19. The fourth-order valence-electron chi connectivity index (χ4n) is 2.25. The molecular formula is C12H19ClN2O. The molecule has 0 amide bonds. The monoisotopic (exact) mass is 242 g/mol. The quantitative estimate of drug-likeness (QED) is 0.861. The van der Waals surface area contributed by atoms with Gasteiger partial charge in [0.25, 0.3) is 0 Å². The van der Waals surface area contributed by atoms with Crippen molar-refractivity contribution in [3.8, 4) is 0 Å². The Morgan fingerprint density at radius 1 is 1.62 bits per heavy atom. The Morgan fingerprint density at radius 2 is 2.38 bits per heavy atom. The highest BCUT2D eigenvalue weighted by atomic mass is 35.5. The number of aliphatic hydroxyl groups excluding tert-OH is 1. The summed E-state index contributed by atoms with van der Waals surface area (Å²) in [7, 11) is 0. The van der Waals surface area contributed by atoms with Crippen LogP contribution in [0.25, 0.3) is 0 Å². The molecule has 1 atom stereocenters. The average Bonchev–Trinajstić information content (AvgIpc) is 2.54. The smallest absolute Gasteiger partial charge is 0.0974 e. The third kappa shape index (κ3) is 2.41. The summed E-state index contributed by atoms with van der Waals surface area (Å²) >= 11 is 6.08. The number of halogens is 1. The van der Waals surface area contributed by atoms with Crippen LogP contribution >= 0.6 is 11.6 Å². The van der Waals surface area contributed by atoms with Crippen LogP contribution in [0.4, 0.5) is 0 Å². The molecule has 1 N–H and O–H groups in total. The molecule has 2 rings (SSSR count). The van der Waals surface area contributed by atoms with Crippen LogP contribution in [0.2, 0.25) is 5.02 Å². The molecule has 1 heterocycles. The van der Waals surface area contributed by atoms with Crippen molar-refractivity contribution >= 4 is 11.6 Å². The van der Waals surface area contributed by atoms with E-state index >= 15 is 0 Å². The van der Waals surface area contributed by atoms with Gasteiger partial charge < -0.3 is 5.11 Å². The van der Waals surface area contributed by atoms with Crippen molar-refractivity contribution in [3.63, 3.8) is 0 Å². The molecule has 0 bridgehead atoms. The van der Waals surface area contributed by atoms with Crippen LogP contribution in [0.15, 0.2) is 6.20 Å². The summed E-state index contributed by atoms with van der Waals surface area (Å²) in [5.41, 5.74) is 0.801. The van der Waals surface area contributed by atoms with Gasteiger partial charge in [0.1, 0.15) is 0 Å². The highest BCUT2D eigenvalue weighted by Gasteiger charge is 2.25. The number of aryl methyl sites for hydroxylation is 1. The normalized spacial score (nSPS) is 18.4. The zero-order chi connectivity index (χ0) is 11.5. The van der Waals surface area contributed by atoms with Crippen molar-refractivity contribution in [3.05, 3.63) is 16.9 Å². The lowest BCUT2D eigenvalue weighted by atomic mass is 9.81. The molecule has 1 aromatic heterocycles. The van der Waals surface area contributed by atoms with Crippen LogP contribution in [0.1, 0.15) is 50.8 Å². The van der Waals surface area contributed by atoms with Crippen LogP contribution in [0.3, 0.4) is 0 Å². The highest BCUT2D eigenvalue weighted by Crippen LogP contribution is 2.36. The second-order valence-electron chi connectivity index (χ2n) is 4.65. The topological polar surface area (TPSA) is 38.0 Å². The van der Waals surface area contributed by atoms with Crippen molar-refractivity contribution in [1.29, 1.82) is 0 Å². The molecule has 1 aliphatic carbocycles. The molecule has 3 nitrogen and oxygen atoms in total. The SMILES string of the molecule is CCCn1ncc(Cl)c1C(O)CC1CCC1. The van der Waals surface area contributed by atoms with E-state index in [4.69, 9.17) is 11.6 Å². The van der Waals surface area contributed by atoms with Gasteiger partial charge in [0.15, 0.2) is 0 Å². The van der Waals surface area contributed by atoms with E-state index < -0.39 is 6.10 Å². The summed E-state index contributed by atoms with van der Waals surface area (Å²) in [6.45, 7) is 2.92. The lowest BCUT2D eigenvalue weighted by Gasteiger charge is -2.27. The average molecular weight is 243 g/mol. The van der Waals surface area contributed by atoms with E-state index in [1.54, 1.807) is 6.20 Å². The molecule has 0 radical (unpaired) electrons. The second-order valence-corrected chi connectivity index (χ2v) is 5.06. The molecule has 0 aromatic carbocycles. The van der Waals surface area contributed by atoms with E-state index in [1.807, 2.05) is 4.68 Å². The molecule has 90 valence electrons. The minimum absolute atomic E-state index is 0.452. The van der Waals surface area contributed by atoms with Crippen LogP contribution in [-0.4, -0.2) is 14.9 Å². The summed E-state index contributed by atoms with van der Waals surface area (Å²) in [4.78, 5) is 0. The van der Waals surface area contributed by atoms with Gasteiger partial charge in [0.05, 0.1) is 23.0 Å². The van der Waals surface area contributed by atoms with Gasteiger partial charge in [-0.2, -0.15) is 5.10 Å². The van der Waals surface area contributed by atoms with Gasteiger partial charge in [-0.05, 0) is 18.8 Å². The van der Waals surface area contributed by atoms with E-state index in [0.717, 1.165) is 25.1 Å². The Hall–Kier alpha value is -0.540. The number of aromatic nitrogens is 2. The predicted octanol–water partition coefficient (Wildman–Crippen LogP) is 3.17. The van der Waals surface area contributed by atoms with Crippen molar-refractivity contribution in [2.24, 2.45) is 5.92 Å². The standard InChI is InChI=1S/C12H19ClN2O/c1-2-6-15-12(10(13)8-14-15)11(16)7-9-4-3-5-9/h8-9,11,16H,2-7H2,1H3.